The van der Waals surface area contributed by atoms with E-state index in [0.717, 1.165) is 30.4 Å². The lowest BCUT2D eigenvalue weighted by molar-refractivity contribution is -0.118. The quantitative estimate of drug-likeness (QED) is 0.262. The van der Waals surface area contributed by atoms with Gasteiger partial charge in [-0.1, -0.05) is 90.9 Å². The van der Waals surface area contributed by atoms with Crippen molar-refractivity contribution in [1.29, 1.82) is 0 Å². The zero-order valence-corrected chi connectivity index (χ0v) is 21.5. The first kappa shape index (κ1) is 25.5. The number of halogens is 1. The number of rotatable bonds is 10. The fourth-order valence-electron chi connectivity index (χ4n) is 3.71. The molecule has 0 saturated heterocycles. The number of amides is 2. The fraction of sp³-hybridized carbons (Fsp3) is 0.214. The van der Waals surface area contributed by atoms with Gasteiger partial charge in [-0.05, 0) is 48.2 Å². The lowest BCUT2D eigenvalue weighted by Crippen LogP contribution is -2.45. The van der Waals surface area contributed by atoms with Gasteiger partial charge in [-0.25, -0.2) is 0 Å². The number of benzene rings is 3. The van der Waals surface area contributed by atoms with Gasteiger partial charge in [-0.3, -0.25) is 14.9 Å². The number of unbranched alkanes of at least 4 members (excludes halogenated alkanes) is 1. The molecule has 1 unspecified atom stereocenters. The van der Waals surface area contributed by atoms with Crippen molar-refractivity contribution in [3.8, 4) is 10.6 Å². The highest BCUT2D eigenvalue weighted by molar-refractivity contribution is 7.18. The number of nitrogens with zero attached hydrogens (tertiary/aromatic N) is 2. The summed E-state index contributed by atoms with van der Waals surface area (Å²) in [4.78, 5) is 26.3. The standard InChI is InChI=1S/C28H27ClN4O2S/c1-2-3-8-19-13-15-21(16-14-19)25(34)30-24(17-20-9-5-4-6-10-20)26(35)31-28-33-32-27(36-28)22-11-7-12-23(29)18-22/h4-7,9-16,18,24H,2-3,8,17H2,1H3,(H,30,34)(H,31,33,35). The van der Waals surface area contributed by atoms with Crippen molar-refractivity contribution >= 4 is 39.9 Å². The van der Waals surface area contributed by atoms with Gasteiger partial charge in [0.25, 0.3) is 5.91 Å². The van der Waals surface area contributed by atoms with Gasteiger partial charge in [-0.2, -0.15) is 0 Å². The van der Waals surface area contributed by atoms with Crippen LogP contribution in [0.15, 0.2) is 78.9 Å². The SMILES string of the molecule is CCCCc1ccc(C(=O)NC(Cc2ccccc2)C(=O)Nc2nnc(-c3cccc(Cl)c3)s2)cc1. The first-order valence-electron chi connectivity index (χ1n) is 11.9. The van der Waals surface area contributed by atoms with Crippen molar-refractivity contribution < 1.29 is 9.59 Å². The Labute approximate surface area is 219 Å². The van der Waals surface area contributed by atoms with Crippen LogP contribution < -0.4 is 10.6 Å². The van der Waals surface area contributed by atoms with Crippen molar-refractivity contribution in [3.05, 3.63) is 101 Å². The summed E-state index contributed by atoms with van der Waals surface area (Å²) in [6.45, 7) is 2.15. The number of carbonyl (C=O) groups is 2. The third kappa shape index (κ3) is 6.99. The second kappa shape index (κ2) is 12.4. The topological polar surface area (TPSA) is 84.0 Å². The summed E-state index contributed by atoms with van der Waals surface area (Å²) >= 11 is 7.33. The van der Waals surface area contributed by atoms with E-state index in [1.165, 1.54) is 16.9 Å². The van der Waals surface area contributed by atoms with Gasteiger partial charge in [0.2, 0.25) is 11.0 Å². The molecule has 2 amide bonds. The maximum absolute atomic E-state index is 13.2. The Morgan fingerprint density at radius 3 is 2.44 bits per heavy atom. The van der Waals surface area contributed by atoms with Crippen LogP contribution in [0.1, 0.15) is 41.3 Å². The van der Waals surface area contributed by atoms with Crippen LogP contribution in [0, 0.1) is 0 Å². The molecular weight excluding hydrogens is 492 g/mol. The van der Waals surface area contributed by atoms with E-state index in [2.05, 4.69) is 27.8 Å². The molecule has 6 nitrogen and oxygen atoms in total. The van der Waals surface area contributed by atoms with E-state index in [4.69, 9.17) is 11.6 Å². The third-order valence-corrected chi connectivity index (χ3v) is 6.79. The minimum atomic E-state index is -0.793. The highest BCUT2D eigenvalue weighted by atomic mass is 35.5. The summed E-state index contributed by atoms with van der Waals surface area (Å²) < 4.78 is 0. The molecule has 4 rings (SSSR count). The smallest absolute Gasteiger partial charge is 0.251 e. The number of carbonyl (C=O) groups excluding carboxylic acids is 2. The molecule has 0 aliphatic carbocycles. The van der Waals surface area contributed by atoms with Crippen molar-refractivity contribution in [1.82, 2.24) is 15.5 Å². The van der Waals surface area contributed by atoms with Crippen LogP contribution in [-0.2, 0) is 17.6 Å². The maximum atomic E-state index is 13.2. The van der Waals surface area contributed by atoms with E-state index in [1.54, 1.807) is 24.3 Å². The van der Waals surface area contributed by atoms with Gasteiger partial charge in [-0.15, -0.1) is 10.2 Å². The molecule has 8 heteroatoms. The molecule has 0 spiro atoms. The molecule has 4 aromatic rings. The summed E-state index contributed by atoms with van der Waals surface area (Å²) in [5.41, 5.74) is 3.46. The van der Waals surface area contributed by atoms with Gasteiger partial charge < -0.3 is 5.32 Å². The molecule has 0 aliphatic heterocycles. The van der Waals surface area contributed by atoms with E-state index in [0.29, 0.717) is 27.1 Å². The monoisotopic (exact) mass is 518 g/mol. The van der Waals surface area contributed by atoms with Gasteiger partial charge in [0.1, 0.15) is 11.0 Å². The molecular formula is C28H27ClN4O2S. The first-order chi connectivity index (χ1) is 17.5. The van der Waals surface area contributed by atoms with E-state index in [9.17, 15) is 9.59 Å². The van der Waals surface area contributed by atoms with E-state index in [1.807, 2.05) is 54.6 Å². The Morgan fingerprint density at radius 2 is 1.72 bits per heavy atom. The average Bonchev–Trinajstić information content (AvgIpc) is 3.36. The molecule has 0 bridgehead atoms. The summed E-state index contributed by atoms with van der Waals surface area (Å²) in [5.74, 6) is -0.662. The van der Waals surface area contributed by atoms with Crippen LogP contribution in [-0.4, -0.2) is 28.1 Å². The van der Waals surface area contributed by atoms with Crippen LogP contribution in [0.25, 0.3) is 10.6 Å². The Kier molecular flexibility index (Phi) is 8.81. The Hall–Kier alpha value is -3.55. The maximum Gasteiger partial charge on any atom is 0.251 e. The van der Waals surface area contributed by atoms with Gasteiger partial charge in [0, 0.05) is 22.6 Å². The van der Waals surface area contributed by atoms with Crippen LogP contribution in [0.2, 0.25) is 5.02 Å². The lowest BCUT2D eigenvalue weighted by Gasteiger charge is -2.18. The van der Waals surface area contributed by atoms with Crippen molar-refractivity contribution in [2.45, 2.75) is 38.6 Å². The zero-order valence-electron chi connectivity index (χ0n) is 19.9. The molecule has 1 aromatic heterocycles. The van der Waals surface area contributed by atoms with Gasteiger partial charge in [0.15, 0.2) is 0 Å². The number of aromatic nitrogens is 2. The van der Waals surface area contributed by atoms with Gasteiger partial charge >= 0.3 is 0 Å². The van der Waals surface area contributed by atoms with E-state index >= 15 is 0 Å². The fourth-order valence-corrected chi connectivity index (χ4v) is 4.64. The minimum Gasteiger partial charge on any atom is -0.340 e. The van der Waals surface area contributed by atoms with Crippen LogP contribution in [0.3, 0.4) is 0 Å². The minimum absolute atomic E-state index is 0.301. The number of hydrogen-bond acceptors (Lipinski definition) is 5. The highest BCUT2D eigenvalue weighted by Gasteiger charge is 2.23. The number of hydrogen-bond donors (Lipinski definition) is 2. The molecule has 0 aliphatic rings. The van der Waals surface area contributed by atoms with Crippen molar-refractivity contribution in [2.24, 2.45) is 0 Å². The Balaban J connectivity index is 1.48. The molecule has 1 heterocycles. The Bertz CT molecular complexity index is 1310. The predicted molar refractivity (Wildman–Crippen MR) is 145 cm³/mol. The number of nitrogens with one attached hydrogen (secondary N) is 2. The molecule has 3 aromatic carbocycles. The molecule has 0 saturated carbocycles. The predicted octanol–water partition coefficient (Wildman–Crippen LogP) is 6.18. The Morgan fingerprint density at radius 1 is 0.944 bits per heavy atom. The summed E-state index contributed by atoms with van der Waals surface area (Å²) in [6.07, 6.45) is 3.55. The van der Waals surface area contributed by atoms with Crippen LogP contribution in [0.5, 0.6) is 0 Å². The molecule has 1 atom stereocenters. The largest absolute Gasteiger partial charge is 0.340 e. The molecule has 0 fully saturated rings. The first-order valence-corrected chi connectivity index (χ1v) is 13.1. The normalized spacial score (nSPS) is 11.6. The van der Waals surface area contributed by atoms with Crippen molar-refractivity contribution in [3.63, 3.8) is 0 Å². The van der Waals surface area contributed by atoms with Crippen molar-refractivity contribution in [2.75, 3.05) is 5.32 Å². The molecule has 184 valence electrons. The average molecular weight is 519 g/mol. The van der Waals surface area contributed by atoms with Gasteiger partial charge in [0.05, 0.1) is 0 Å². The number of anilines is 1. The summed E-state index contributed by atoms with van der Waals surface area (Å²) in [6, 6.07) is 23.6. The second-order valence-corrected chi connectivity index (χ2v) is 9.84. The van der Waals surface area contributed by atoms with Crippen LogP contribution in [0.4, 0.5) is 5.13 Å². The second-order valence-electron chi connectivity index (χ2n) is 8.43. The van der Waals surface area contributed by atoms with Crippen LogP contribution >= 0.6 is 22.9 Å². The molecule has 36 heavy (non-hydrogen) atoms. The van der Waals surface area contributed by atoms with E-state index < -0.39 is 6.04 Å². The number of aryl methyl sites for hydroxylation is 1. The van der Waals surface area contributed by atoms with E-state index in [-0.39, 0.29) is 11.8 Å². The summed E-state index contributed by atoms with van der Waals surface area (Å²) in [5, 5.41) is 15.6. The zero-order chi connectivity index (χ0) is 25.3. The molecule has 2 N–H and O–H groups in total. The highest BCUT2D eigenvalue weighted by Crippen LogP contribution is 2.28. The molecule has 0 radical (unpaired) electrons. The third-order valence-electron chi connectivity index (χ3n) is 5.67. The lowest BCUT2D eigenvalue weighted by atomic mass is 10.0. The summed E-state index contributed by atoms with van der Waals surface area (Å²) in [7, 11) is 0.